The van der Waals surface area contributed by atoms with Gasteiger partial charge in [-0.3, -0.25) is 9.88 Å². The molecule has 110 valence electrons. The first-order chi connectivity index (χ1) is 10.1. The molecule has 1 heterocycles. The lowest BCUT2D eigenvalue weighted by molar-refractivity contribution is 0.0456. The van der Waals surface area contributed by atoms with E-state index in [2.05, 4.69) is 23.0 Å². The highest BCUT2D eigenvalue weighted by Crippen LogP contribution is 2.32. The molecule has 21 heavy (non-hydrogen) atoms. The molecule has 3 nitrogen and oxygen atoms in total. The number of hydrogen-bond donors (Lipinski definition) is 1. The molecule has 1 N–H and O–H groups in total. The first kappa shape index (κ1) is 14.2. The maximum Gasteiger partial charge on any atom is 0.0947 e. The maximum atomic E-state index is 10.7. The van der Waals surface area contributed by atoms with Crippen LogP contribution in [-0.2, 0) is 13.0 Å². The average Bonchev–Trinajstić information content (AvgIpc) is 2.48. The molecule has 0 spiro atoms. The Bertz CT molecular complexity index is 626. The second kappa shape index (κ2) is 5.96. The summed E-state index contributed by atoms with van der Waals surface area (Å²) >= 11 is 0. The van der Waals surface area contributed by atoms with Crippen LogP contribution in [-0.4, -0.2) is 28.1 Å². The molecule has 2 atom stereocenters. The molecule has 0 fully saturated rings. The standard InChI is InChI=1S/C18H22N2O/c1-13-6-5-8-15(19-13)12-20(2)17-11-10-14-7-3-4-9-16(14)18(17)21/h3-9,17-18,21H,10-12H2,1-2H3. The maximum absolute atomic E-state index is 10.7. The quantitative estimate of drug-likeness (QED) is 0.940. The molecule has 3 heteroatoms. The van der Waals surface area contributed by atoms with E-state index < -0.39 is 6.10 Å². The minimum Gasteiger partial charge on any atom is -0.387 e. The van der Waals surface area contributed by atoms with Gasteiger partial charge in [0.1, 0.15) is 0 Å². The van der Waals surface area contributed by atoms with Gasteiger partial charge in [-0.15, -0.1) is 0 Å². The van der Waals surface area contributed by atoms with Crippen molar-refractivity contribution in [1.82, 2.24) is 9.88 Å². The van der Waals surface area contributed by atoms with Gasteiger partial charge in [0.05, 0.1) is 11.8 Å². The second-order valence-electron chi connectivity index (χ2n) is 5.94. The van der Waals surface area contributed by atoms with Crippen molar-refractivity contribution in [3.63, 3.8) is 0 Å². The van der Waals surface area contributed by atoms with Crippen LogP contribution in [0.2, 0.25) is 0 Å². The molecular weight excluding hydrogens is 260 g/mol. The summed E-state index contributed by atoms with van der Waals surface area (Å²) in [5.41, 5.74) is 4.46. The molecule has 1 aliphatic rings. The van der Waals surface area contributed by atoms with Crippen molar-refractivity contribution < 1.29 is 5.11 Å². The third-order valence-corrected chi connectivity index (χ3v) is 4.37. The zero-order valence-corrected chi connectivity index (χ0v) is 12.7. The third-order valence-electron chi connectivity index (χ3n) is 4.37. The predicted octanol–water partition coefficient (Wildman–Crippen LogP) is 2.87. The Hall–Kier alpha value is -1.71. The van der Waals surface area contributed by atoms with Crippen LogP contribution >= 0.6 is 0 Å². The fourth-order valence-corrected chi connectivity index (χ4v) is 3.24. The molecule has 0 amide bonds. The Balaban J connectivity index is 1.75. The molecule has 2 unspecified atom stereocenters. The monoisotopic (exact) mass is 282 g/mol. The fourth-order valence-electron chi connectivity index (χ4n) is 3.24. The number of aromatic nitrogens is 1. The van der Waals surface area contributed by atoms with E-state index in [-0.39, 0.29) is 6.04 Å². The van der Waals surface area contributed by atoms with Crippen LogP contribution in [0.25, 0.3) is 0 Å². The van der Waals surface area contributed by atoms with Crippen LogP contribution in [0, 0.1) is 6.92 Å². The summed E-state index contributed by atoms with van der Waals surface area (Å²) in [6.07, 6.45) is 1.61. The van der Waals surface area contributed by atoms with Gasteiger partial charge in [-0.2, -0.15) is 0 Å². The highest BCUT2D eigenvalue weighted by molar-refractivity contribution is 5.32. The van der Waals surface area contributed by atoms with Gasteiger partial charge in [-0.1, -0.05) is 30.3 Å². The zero-order valence-electron chi connectivity index (χ0n) is 12.7. The van der Waals surface area contributed by atoms with Crippen molar-refractivity contribution in [2.24, 2.45) is 0 Å². The van der Waals surface area contributed by atoms with E-state index in [1.807, 2.05) is 43.3 Å². The Morgan fingerprint density at radius 2 is 2.00 bits per heavy atom. The summed E-state index contributed by atoms with van der Waals surface area (Å²) in [4.78, 5) is 6.78. The van der Waals surface area contributed by atoms with Crippen molar-refractivity contribution in [3.8, 4) is 0 Å². The van der Waals surface area contributed by atoms with Gasteiger partial charge in [0.15, 0.2) is 0 Å². The van der Waals surface area contributed by atoms with Gasteiger partial charge >= 0.3 is 0 Å². The van der Waals surface area contributed by atoms with Crippen LogP contribution in [0.3, 0.4) is 0 Å². The van der Waals surface area contributed by atoms with Gasteiger partial charge in [-0.05, 0) is 50.1 Å². The Kier molecular flexibility index (Phi) is 4.04. The van der Waals surface area contributed by atoms with Crippen LogP contribution in [0.5, 0.6) is 0 Å². The number of fused-ring (bicyclic) bond motifs is 1. The molecule has 0 aliphatic heterocycles. The van der Waals surface area contributed by atoms with E-state index in [9.17, 15) is 5.11 Å². The number of hydrogen-bond acceptors (Lipinski definition) is 3. The summed E-state index contributed by atoms with van der Waals surface area (Å²) in [6.45, 7) is 2.78. The van der Waals surface area contributed by atoms with Gasteiger partial charge in [0.2, 0.25) is 0 Å². The number of benzene rings is 1. The van der Waals surface area contributed by atoms with E-state index in [0.29, 0.717) is 0 Å². The van der Waals surface area contributed by atoms with Crippen LogP contribution in [0.1, 0.15) is 35.0 Å². The van der Waals surface area contributed by atoms with E-state index in [1.54, 1.807) is 0 Å². The molecule has 0 bridgehead atoms. The van der Waals surface area contributed by atoms with Gasteiger partial charge in [0, 0.05) is 18.3 Å². The average molecular weight is 282 g/mol. The number of aliphatic hydroxyl groups is 1. The molecule has 0 saturated heterocycles. The molecule has 0 saturated carbocycles. The van der Waals surface area contributed by atoms with Crippen LogP contribution in [0.4, 0.5) is 0 Å². The van der Waals surface area contributed by atoms with E-state index in [0.717, 1.165) is 36.3 Å². The van der Waals surface area contributed by atoms with Crippen molar-refractivity contribution in [2.45, 2.75) is 38.5 Å². The van der Waals surface area contributed by atoms with Crippen molar-refractivity contribution in [2.75, 3.05) is 7.05 Å². The first-order valence-electron chi connectivity index (χ1n) is 7.54. The number of nitrogens with zero attached hydrogens (tertiary/aromatic N) is 2. The molecule has 1 aliphatic carbocycles. The Labute approximate surface area is 126 Å². The van der Waals surface area contributed by atoms with E-state index >= 15 is 0 Å². The lowest BCUT2D eigenvalue weighted by Crippen LogP contribution is -2.39. The molecule has 1 aromatic carbocycles. The number of pyridine rings is 1. The highest BCUT2D eigenvalue weighted by Gasteiger charge is 2.30. The number of aliphatic hydroxyl groups excluding tert-OH is 1. The van der Waals surface area contributed by atoms with Gasteiger partial charge < -0.3 is 5.11 Å². The lowest BCUT2D eigenvalue weighted by atomic mass is 9.85. The highest BCUT2D eigenvalue weighted by atomic mass is 16.3. The third kappa shape index (κ3) is 2.99. The molecule has 1 aromatic heterocycles. The van der Waals surface area contributed by atoms with Crippen molar-refractivity contribution in [1.29, 1.82) is 0 Å². The van der Waals surface area contributed by atoms with Crippen LogP contribution < -0.4 is 0 Å². The van der Waals surface area contributed by atoms with Gasteiger partial charge in [-0.25, -0.2) is 0 Å². The predicted molar refractivity (Wildman–Crippen MR) is 84.0 cm³/mol. The largest absolute Gasteiger partial charge is 0.387 e. The molecular formula is C18H22N2O. The summed E-state index contributed by atoms with van der Waals surface area (Å²) in [5, 5.41) is 10.7. The minimum absolute atomic E-state index is 0.155. The van der Waals surface area contributed by atoms with E-state index in [1.165, 1.54) is 5.56 Å². The number of rotatable bonds is 3. The fraction of sp³-hybridized carbons (Fsp3) is 0.389. The second-order valence-corrected chi connectivity index (χ2v) is 5.94. The number of likely N-dealkylation sites (N-methyl/N-ethyl adjacent to an activating group) is 1. The van der Waals surface area contributed by atoms with Crippen molar-refractivity contribution >= 4 is 0 Å². The van der Waals surface area contributed by atoms with Crippen LogP contribution in [0.15, 0.2) is 42.5 Å². The summed E-state index contributed by atoms with van der Waals surface area (Å²) < 4.78 is 0. The zero-order chi connectivity index (χ0) is 14.8. The SMILES string of the molecule is Cc1cccc(CN(C)C2CCc3ccccc3C2O)n1. The van der Waals surface area contributed by atoms with E-state index in [4.69, 9.17) is 0 Å². The van der Waals surface area contributed by atoms with Gasteiger partial charge in [0.25, 0.3) is 0 Å². The molecule has 2 aromatic rings. The summed E-state index contributed by atoms with van der Waals surface area (Å²) in [5.74, 6) is 0. The first-order valence-corrected chi connectivity index (χ1v) is 7.54. The Morgan fingerprint density at radius 1 is 1.19 bits per heavy atom. The smallest absolute Gasteiger partial charge is 0.0947 e. The topological polar surface area (TPSA) is 36.4 Å². The Morgan fingerprint density at radius 3 is 2.81 bits per heavy atom. The summed E-state index contributed by atoms with van der Waals surface area (Å²) in [7, 11) is 2.08. The normalized spacial score (nSPS) is 21.3. The van der Waals surface area contributed by atoms with Crippen molar-refractivity contribution in [3.05, 3.63) is 65.0 Å². The number of aryl methyl sites for hydroxylation is 2. The lowest BCUT2D eigenvalue weighted by Gasteiger charge is -2.36. The molecule has 3 rings (SSSR count). The minimum atomic E-state index is -0.412. The molecule has 0 radical (unpaired) electrons. The summed E-state index contributed by atoms with van der Waals surface area (Å²) in [6, 6.07) is 14.5.